The van der Waals surface area contributed by atoms with Gasteiger partial charge in [0.1, 0.15) is 5.82 Å². The van der Waals surface area contributed by atoms with Gasteiger partial charge in [0.2, 0.25) is 0 Å². The van der Waals surface area contributed by atoms with E-state index in [4.69, 9.17) is 5.10 Å². The molecule has 0 aromatic carbocycles. The average molecular weight is 337 g/mol. The monoisotopic (exact) mass is 337 g/mol. The predicted octanol–water partition coefficient (Wildman–Crippen LogP) is 3.14. The van der Waals surface area contributed by atoms with Crippen molar-refractivity contribution in [2.75, 3.05) is 31.1 Å². The van der Waals surface area contributed by atoms with Crippen molar-refractivity contribution in [3.8, 4) is 0 Å². The van der Waals surface area contributed by atoms with Gasteiger partial charge in [0, 0.05) is 37.1 Å². The molecule has 3 rings (SSSR count). The first-order valence-corrected chi connectivity index (χ1v) is 8.74. The highest BCUT2D eigenvalue weighted by Crippen LogP contribution is 2.32. The van der Waals surface area contributed by atoms with Gasteiger partial charge in [-0.1, -0.05) is 27.0 Å². The number of pyridine rings is 1. The van der Waals surface area contributed by atoms with Crippen molar-refractivity contribution in [2.24, 2.45) is 10.5 Å². The molecule has 0 spiro atoms. The minimum Gasteiger partial charge on any atom is -0.388 e. The summed E-state index contributed by atoms with van der Waals surface area (Å²) in [6, 6.07) is 4.16. The maximum Gasteiger partial charge on any atom is 0.128 e. The highest BCUT2D eigenvalue weighted by molar-refractivity contribution is 6.09. The third kappa shape index (κ3) is 3.92. The quantitative estimate of drug-likeness (QED) is 0.866. The number of rotatable bonds is 6. The Labute approximate surface area is 150 Å². The fourth-order valence-electron chi connectivity index (χ4n) is 3.14. The van der Waals surface area contributed by atoms with Crippen LogP contribution in [0.25, 0.3) is 0 Å². The second-order valence-corrected chi connectivity index (χ2v) is 7.43. The Morgan fingerprint density at radius 2 is 2.04 bits per heavy atom. The molecular formula is C20H27N5. The lowest BCUT2D eigenvalue weighted by atomic mass is 9.84. The molecule has 0 saturated carbocycles. The third-order valence-electron chi connectivity index (χ3n) is 4.37. The van der Waals surface area contributed by atoms with E-state index in [1.54, 1.807) is 0 Å². The van der Waals surface area contributed by atoms with Gasteiger partial charge in [0.05, 0.1) is 18.0 Å². The van der Waals surface area contributed by atoms with Crippen LogP contribution in [0.5, 0.6) is 0 Å². The van der Waals surface area contributed by atoms with Crippen molar-refractivity contribution in [3.05, 3.63) is 60.6 Å². The van der Waals surface area contributed by atoms with Crippen molar-refractivity contribution in [2.45, 2.75) is 20.8 Å². The first-order valence-electron chi connectivity index (χ1n) is 8.74. The number of allylic oxidation sites excluding steroid dienone is 2. The van der Waals surface area contributed by atoms with Crippen LogP contribution >= 0.6 is 0 Å². The van der Waals surface area contributed by atoms with E-state index in [0.29, 0.717) is 12.0 Å². The summed E-state index contributed by atoms with van der Waals surface area (Å²) in [7, 11) is 0. The smallest absolute Gasteiger partial charge is 0.128 e. The number of aromatic nitrogens is 1. The fourth-order valence-corrected chi connectivity index (χ4v) is 3.14. The summed E-state index contributed by atoms with van der Waals surface area (Å²) in [6.45, 7) is 18.3. The van der Waals surface area contributed by atoms with Crippen LogP contribution in [0.1, 0.15) is 26.3 Å². The highest BCUT2D eigenvalue weighted by atomic mass is 15.5. The Kier molecular flexibility index (Phi) is 4.66. The Balaban J connectivity index is 1.71. The van der Waals surface area contributed by atoms with Crippen LogP contribution in [0.3, 0.4) is 0 Å². The maximum absolute atomic E-state index is 4.70. The lowest BCUT2D eigenvalue weighted by Gasteiger charge is -2.46. The van der Waals surface area contributed by atoms with Crippen molar-refractivity contribution in [3.63, 3.8) is 0 Å². The van der Waals surface area contributed by atoms with Gasteiger partial charge in [-0.3, -0.25) is 5.01 Å². The maximum atomic E-state index is 4.70. The van der Waals surface area contributed by atoms with E-state index in [1.165, 1.54) is 0 Å². The van der Waals surface area contributed by atoms with Crippen LogP contribution in [0, 0.1) is 5.41 Å². The van der Waals surface area contributed by atoms with E-state index in [0.717, 1.165) is 48.1 Å². The average Bonchev–Trinajstić information content (AvgIpc) is 2.55. The van der Waals surface area contributed by atoms with Crippen molar-refractivity contribution in [1.82, 2.24) is 15.3 Å². The van der Waals surface area contributed by atoms with E-state index in [1.807, 2.05) is 23.4 Å². The van der Waals surface area contributed by atoms with E-state index in [2.05, 4.69) is 61.3 Å². The van der Waals surface area contributed by atoms with Crippen LogP contribution in [0.15, 0.2) is 60.1 Å². The zero-order valence-electron chi connectivity index (χ0n) is 15.4. The molecule has 1 aromatic heterocycles. The number of hydrazone groups is 1. The first-order chi connectivity index (χ1) is 11.9. The normalized spacial score (nSPS) is 18.7. The van der Waals surface area contributed by atoms with Crippen LogP contribution < -0.4 is 10.2 Å². The Morgan fingerprint density at radius 1 is 1.28 bits per heavy atom. The first kappa shape index (κ1) is 17.3. The fraction of sp³-hybridized carbons (Fsp3) is 0.400. The molecule has 1 aromatic rings. The summed E-state index contributed by atoms with van der Waals surface area (Å²) in [5.74, 6) is 1.03. The Bertz CT molecular complexity index is 719. The molecule has 0 radical (unpaired) electrons. The zero-order chi connectivity index (χ0) is 18.0. The Morgan fingerprint density at radius 3 is 2.64 bits per heavy atom. The molecule has 2 aliphatic rings. The van der Waals surface area contributed by atoms with Gasteiger partial charge >= 0.3 is 0 Å². The molecule has 0 amide bonds. The number of anilines is 1. The summed E-state index contributed by atoms with van der Waals surface area (Å²) in [4.78, 5) is 6.92. The lowest BCUT2D eigenvalue weighted by Crippen LogP contribution is -2.53. The largest absolute Gasteiger partial charge is 0.388 e. The zero-order valence-corrected chi connectivity index (χ0v) is 15.4. The molecule has 0 atom stereocenters. The van der Waals surface area contributed by atoms with Crippen molar-refractivity contribution in [1.29, 1.82) is 0 Å². The van der Waals surface area contributed by atoms with Gasteiger partial charge in [0.25, 0.3) is 0 Å². The third-order valence-corrected chi connectivity index (χ3v) is 4.37. The van der Waals surface area contributed by atoms with Gasteiger partial charge in [-0.25, -0.2) is 4.98 Å². The van der Waals surface area contributed by atoms with E-state index in [9.17, 15) is 0 Å². The molecule has 0 aliphatic carbocycles. The number of likely N-dealkylation sites (N-methyl/N-ethyl adjacent to an activating group) is 1. The highest BCUT2D eigenvalue weighted by Gasteiger charge is 2.34. The van der Waals surface area contributed by atoms with E-state index in [-0.39, 0.29) is 0 Å². The van der Waals surface area contributed by atoms with Crippen molar-refractivity contribution >= 4 is 11.5 Å². The van der Waals surface area contributed by atoms with Gasteiger partial charge in [-0.2, -0.15) is 5.10 Å². The van der Waals surface area contributed by atoms with Crippen LogP contribution in [0.4, 0.5) is 5.82 Å². The molecule has 1 saturated heterocycles. The SMILES string of the molecule is C=C(CN1N=C(c2ccc(N3CC(C)(C)C3)nc2)C=CC1=C)NCC. The second-order valence-electron chi connectivity index (χ2n) is 7.43. The minimum absolute atomic E-state index is 0.395. The molecule has 1 N–H and O–H groups in total. The molecule has 0 bridgehead atoms. The number of nitrogens with zero attached hydrogens (tertiary/aromatic N) is 4. The number of hydrogen-bond donors (Lipinski definition) is 1. The lowest BCUT2D eigenvalue weighted by molar-refractivity contribution is 0.274. The minimum atomic E-state index is 0.395. The van der Waals surface area contributed by atoms with Crippen LogP contribution in [0.2, 0.25) is 0 Å². The summed E-state index contributed by atoms with van der Waals surface area (Å²) in [5.41, 5.74) is 4.07. The van der Waals surface area contributed by atoms with Gasteiger partial charge in [0.15, 0.2) is 0 Å². The molecule has 25 heavy (non-hydrogen) atoms. The Hall–Kier alpha value is -2.56. The topological polar surface area (TPSA) is 43.8 Å². The van der Waals surface area contributed by atoms with E-state index < -0.39 is 0 Å². The molecule has 3 heterocycles. The van der Waals surface area contributed by atoms with Crippen LogP contribution in [-0.4, -0.2) is 41.9 Å². The molecule has 5 heteroatoms. The van der Waals surface area contributed by atoms with Gasteiger partial charge in [-0.05, 0) is 36.6 Å². The summed E-state index contributed by atoms with van der Waals surface area (Å²) in [6.07, 6.45) is 5.86. The summed E-state index contributed by atoms with van der Waals surface area (Å²) in [5, 5.41) is 9.78. The molecule has 0 unspecified atom stereocenters. The van der Waals surface area contributed by atoms with Crippen molar-refractivity contribution < 1.29 is 0 Å². The van der Waals surface area contributed by atoms with Gasteiger partial charge in [-0.15, -0.1) is 0 Å². The predicted molar refractivity (Wildman–Crippen MR) is 105 cm³/mol. The van der Waals surface area contributed by atoms with Crippen LogP contribution in [-0.2, 0) is 0 Å². The summed E-state index contributed by atoms with van der Waals surface area (Å²) >= 11 is 0. The molecule has 132 valence electrons. The molecule has 5 nitrogen and oxygen atoms in total. The summed E-state index contributed by atoms with van der Waals surface area (Å²) < 4.78 is 0. The second kappa shape index (κ2) is 6.75. The number of hydrogen-bond acceptors (Lipinski definition) is 5. The number of nitrogens with one attached hydrogen (secondary N) is 1. The molecular weight excluding hydrogens is 310 g/mol. The molecule has 2 aliphatic heterocycles. The molecule has 1 fully saturated rings. The standard InChI is InChI=1S/C20H27N5/c1-6-21-15(2)12-25-16(3)7-9-18(23-25)17-8-10-19(22-11-17)24-13-20(4,5)14-24/h7-11,21H,2-3,6,12-14H2,1,4-5H3. The van der Waals surface area contributed by atoms with Gasteiger partial charge < -0.3 is 10.2 Å². The van der Waals surface area contributed by atoms with E-state index >= 15 is 0 Å².